The first-order chi connectivity index (χ1) is 26.9. The Bertz CT molecular complexity index is 1560. The number of hydrogen-bond donors (Lipinski definition) is 0. The van der Waals surface area contributed by atoms with E-state index in [1.807, 2.05) is 45.0 Å². The van der Waals surface area contributed by atoms with Gasteiger partial charge in [0.05, 0.1) is 42.7 Å². The summed E-state index contributed by atoms with van der Waals surface area (Å²) in [7, 11) is 1.16. The van der Waals surface area contributed by atoms with Crippen molar-refractivity contribution in [2.75, 3.05) is 40.8 Å². The molecule has 0 N–H and O–H groups in total. The van der Waals surface area contributed by atoms with Gasteiger partial charge in [-0.25, -0.2) is 9.59 Å². The van der Waals surface area contributed by atoms with E-state index in [9.17, 15) is 9.59 Å². The Hall–Kier alpha value is -2.94. The van der Waals surface area contributed by atoms with E-state index >= 15 is 0 Å². The standard InChI is InChI=1S/C45H68O11Si/c1-13-31(2)36(53-41(46)33-20-16-14-17-21-33)28-37(49-10)39-40(51-30-50-27-26-48-9)44(7,8)45(56-39)29-38(54-42(47)34-22-18-15-19-23-34)32(3)35(55-45)24-25-52-57(11,12)43(4,5)6/h13-23,31-32,35-40H,1,24-30H2,2-12H3/t31-,32-,35+,36+,37+,38-,39-,40+,45-/m1/s1. The molecular formula is C45H68O11Si. The average Bonchev–Trinajstić information content (AvgIpc) is 3.38. The van der Waals surface area contributed by atoms with Gasteiger partial charge < -0.3 is 42.3 Å². The summed E-state index contributed by atoms with van der Waals surface area (Å²) in [6.45, 7) is 24.4. The van der Waals surface area contributed by atoms with Crippen LogP contribution in [0.15, 0.2) is 73.3 Å². The van der Waals surface area contributed by atoms with Crippen molar-refractivity contribution < 1.29 is 51.9 Å². The van der Waals surface area contributed by atoms with Crippen LogP contribution < -0.4 is 0 Å². The Balaban J connectivity index is 1.71. The largest absolute Gasteiger partial charge is 0.458 e. The second kappa shape index (κ2) is 20.3. The molecule has 0 radical (unpaired) electrons. The molecule has 0 unspecified atom stereocenters. The molecule has 2 aromatic rings. The topological polar surface area (TPSA) is 117 Å². The normalized spacial score (nSPS) is 26.4. The fraction of sp³-hybridized carbons (Fsp3) is 0.644. The van der Waals surface area contributed by atoms with Crippen LogP contribution in [0.3, 0.4) is 0 Å². The SMILES string of the molecule is C=C[C@@H](C)[C@H](C[C@H](OC)[C@H]1O[C@]2(C[C@@H](OC(=O)c3ccccc3)[C@H](C)[C@H](CCO[Si](C)(C)C(C)(C)C)O2)C(C)(C)[C@H]1OCOCCOC)OC(=O)c1ccccc1. The van der Waals surface area contributed by atoms with Crippen molar-refractivity contribution in [2.45, 2.75) is 128 Å². The molecule has 2 aliphatic heterocycles. The molecule has 4 rings (SSSR count). The highest BCUT2D eigenvalue weighted by atomic mass is 28.4. The lowest BCUT2D eigenvalue weighted by Crippen LogP contribution is -2.59. The Morgan fingerprint density at radius 2 is 1.56 bits per heavy atom. The third kappa shape index (κ3) is 11.4. The van der Waals surface area contributed by atoms with Crippen molar-refractivity contribution >= 4 is 20.3 Å². The second-order valence-corrected chi connectivity index (χ2v) is 22.3. The molecule has 318 valence electrons. The fourth-order valence-corrected chi connectivity index (χ4v) is 8.39. The van der Waals surface area contributed by atoms with Crippen molar-refractivity contribution in [1.82, 2.24) is 0 Å². The van der Waals surface area contributed by atoms with Crippen LogP contribution in [0.5, 0.6) is 0 Å². The second-order valence-electron chi connectivity index (χ2n) is 17.5. The van der Waals surface area contributed by atoms with E-state index in [-0.39, 0.29) is 36.5 Å². The van der Waals surface area contributed by atoms with Gasteiger partial charge in [-0.1, -0.05) is 90.9 Å². The number of carbonyl (C=O) groups excluding carboxylic acids is 2. The maximum atomic E-state index is 13.7. The molecule has 57 heavy (non-hydrogen) atoms. The zero-order valence-corrected chi connectivity index (χ0v) is 37.1. The molecule has 0 amide bonds. The summed E-state index contributed by atoms with van der Waals surface area (Å²) >= 11 is 0. The highest BCUT2D eigenvalue weighted by molar-refractivity contribution is 6.74. The predicted octanol–water partition coefficient (Wildman–Crippen LogP) is 8.63. The number of esters is 2. The van der Waals surface area contributed by atoms with Crippen LogP contribution in [0.2, 0.25) is 18.1 Å². The first kappa shape index (κ1) is 46.7. The fourth-order valence-electron chi connectivity index (χ4n) is 7.33. The van der Waals surface area contributed by atoms with Gasteiger partial charge in [-0.3, -0.25) is 0 Å². The smallest absolute Gasteiger partial charge is 0.338 e. The summed E-state index contributed by atoms with van der Waals surface area (Å²) in [4.78, 5) is 27.0. The van der Waals surface area contributed by atoms with Crippen LogP contribution >= 0.6 is 0 Å². The summed E-state index contributed by atoms with van der Waals surface area (Å²) in [5.41, 5.74) is 0.0765. The van der Waals surface area contributed by atoms with E-state index in [1.54, 1.807) is 56.7 Å². The number of methoxy groups -OCH3 is 2. The molecule has 2 saturated heterocycles. The van der Waals surface area contributed by atoms with Crippen LogP contribution in [0, 0.1) is 17.3 Å². The van der Waals surface area contributed by atoms with Gasteiger partial charge in [0.25, 0.3) is 0 Å². The summed E-state index contributed by atoms with van der Waals surface area (Å²) in [5, 5.41) is 0.0339. The van der Waals surface area contributed by atoms with E-state index in [0.29, 0.717) is 37.4 Å². The lowest BCUT2D eigenvalue weighted by Gasteiger charge is -2.51. The quantitative estimate of drug-likeness (QED) is 0.0421. The third-order valence-corrected chi connectivity index (χ3v) is 16.9. The molecule has 0 bridgehead atoms. The van der Waals surface area contributed by atoms with Crippen LogP contribution in [-0.2, 0) is 42.3 Å². The molecule has 9 atom stereocenters. The van der Waals surface area contributed by atoms with Gasteiger partial charge in [0.2, 0.25) is 0 Å². The highest BCUT2D eigenvalue weighted by Gasteiger charge is 2.67. The first-order valence-electron chi connectivity index (χ1n) is 20.3. The van der Waals surface area contributed by atoms with Gasteiger partial charge in [-0.2, -0.15) is 0 Å². The van der Waals surface area contributed by atoms with Crippen LogP contribution in [0.1, 0.15) is 88.4 Å². The summed E-state index contributed by atoms with van der Waals surface area (Å²) < 4.78 is 57.4. The number of ether oxygens (including phenoxy) is 8. The molecule has 1 spiro atoms. The van der Waals surface area contributed by atoms with Gasteiger partial charge in [0.15, 0.2) is 14.1 Å². The van der Waals surface area contributed by atoms with E-state index in [4.69, 9.17) is 42.3 Å². The molecule has 12 heteroatoms. The molecule has 0 aromatic heterocycles. The summed E-state index contributed by atoms with van der Waals surface area (Å²) in [6.07, 6.45) is -0.688. The monoisotopic (exact) mass is 812 g/mol. The Morgan fingerprint density at radius 1 is 0.947 bits per heavy atom. The van der Waals surface area contributed by atoms with Gasteiger partial charge in [-0.15, -0.1) is 6.58 Å². The Kier molecular flexibility index (Phi) is 16.7. The molecule has 11 nitrogen and oxygen atoms in total. The van der Waals surface area contributed by atoms with Crippen molar-refractivity contribution in [1.29, 1.82) is 0 Å². The van der Waals surface area contributed by atoms with Crippen molar-refractivity contribution in [3.05, 3.63) is 84.4 Å². The van der Waals surface area contributed by atoms with Crippen molar-refractivity contribution in [2.24, 2.45) is 17.3 Å². The summed E-state index contributed by atoms with van der Waals surface area (Å²) in [5.74, 6) is -2.54. The molecule has 2 heterocycles. The van der Waals surface area contributed by atoms with E-state index < -0.39 is 68.1 Å². The molecule has 2 fully saturated rings. The van der Waals surface area contributed by atoms with E-state index in [2.05, 4.69) is 47.4 Å². The van der Waals surface area contributed by atoms with E-state index in [1.165, 1.54) is 0 Å². The van der Waals surface area contributed by atoms with Gasteiger partial charge in [-0.05, 0) is 48.8 Å². The Morgan fingerprint density at radius 3 is 2.12 bits per heavy atom. The van der Waals surface area contributed by atoms with E-state index in [0.717, 1.165) is 0 Å². The predicted molar refractivity (Wildman–Crippen MR) is 221 cm³/mol. The zero-order chi connectivity index (χ0) is 42.0. The van der Waals surface area contributed by atoms with Gasteiger partial charge in [0.1, 0.15) is 25.1 Å². The number of rotatable bonds is 20. The molecular weight excluding hydrogens is 745 g/mol. The van der Waals surface area contributed by atoms with Crippen LogP contribution in [-0.4, -0.2) is 104 Å². The summed E-state index contributed by atoms with van der Waals surface area (Å²) in [6, 6.07) is 17.9. The maximum Gasteiger partial charge on any atom is 0.338 e. The zero-order valence-electron chi connectivity index (χ0n) is 36.1. The maximum absolute atomic E-state index is 13.7. The minimum absolute atomic E-state index is 0.0339. The Labute approximate surface area is 342 Å². The van der Waals surface area contributed by atoms with Crippen LogP contribution in [0.25, 0.3) is 0 Å². The molecule has 2 aromatic carbocycles. The minimum atomic E-state index is -2.07. The minimum Gasteiger partial charge on any atom is -0.458 e. The third-order valence-electron chi connectivity index (χ3n) is 12.4. The molecule has 2 aliphatic rings. The number of carbonyl (C=O) groups is 2. The molecule has 0 aliphatic carbocycles. The number of hydrogen-bond acceptors (Lipinski definition) is 11. The lowest BCUT2D eigenvalue weighted by atomic mass is 9.72. The van der Waals surface area contributed by atoms with Crippen LogP contribution in [0.4, 0.5) is 0 Å². The molecule has 0 saturated carbocycles. The van der Waals surface area contributed by atoms with Crippen molar-refractivity contribution in [3.8, 4) is 0 Å². The highest BCUT2D eigenvalue weighted by Crippen LogP contribution is 2.56. The van der Waals surface area contributed by atoms with Gasteiger partial charge >= 0.3 is 11.9 Å². The first-order valence-corrected chi connectivity index (χ1v) is 23.2. The van der Waals surface area contributed by atoms with Crippen molar-refractivity contribution in [3.63, 3.8) is 0 Å². The number of benzene rings is 2. The van der Waals surface area contributed by atoms with Gasteiger partial charge in [0, 0.05) is 50.9 Å². The lowest BCUT2D eigenvalue weighted by molar-refractivity contribution is -0.336. The average molecular weight is 813 g/mol.